The van der Waals surface area contributed by atoms with Crippen molar-refractivity contribution in [2.75, 3.05) is 6.54 Å². The first-order valence-corrected chi connectivity index (χ1v) is 5.97. The zero-order chi connectivity index (χ0) is 12.4. The van der Waals surface area contributed by atoms with Gasteiger partial charge in [-0.05, 0) is 23.9 Å². The van der Waals surface area contributed by atoms with E-state index in [1.165, 1.54) is 23.2 Å². The van der Waals surface area contributed by atoms with Crippen molar-refractivity contribution < 1.29 is 19.9 Å². The zero-order valence-corrected chi connectivity index (χ0v) is 9.77. The van der Waals surface area contributed by atoms with Gasteiger partial charge in [-0.15, -0.1) is 11.3 Å². The molecule has 17 heavy (non-hydrogen) atoms. The van der Waals surface area contributed by atoms with E-state index in [4.69, 9.17) is 0 Å². The van der Waals surface area contributed by atoms with Crippen LogP contribution in [0.1, 0.15) is 23.4 Å². The highest BCUT2D eigenvalue weighted by atomic mass is 32.1. The summed E-state index contributed by atoms with van der Waals surface area (Å²) >= 11 is 1.30. The molecule has 6 nitrogen and oxygen atoms in total. The van der Waals surface area contributed by atoms with Crippen molar-refractivity contribution in [1.29, 1.82) is 0 Å². The van der Waals surface area contributed by atoms with Gasteiger partial charge in [-0.25, -0.2) is 9.59 Å². The van der Waals surface area contributed by atoms with Gasteiger partial charge in [-0.1, -0.05) is 0 Å². The minimum absolute atomic E-state index is 0.210. The van der Waals surface area contributed by atoms with Crippen LogP contribution in [-0.4, -0.2) is 38.8 Å². The van der Waals surface area contributed by atoms with Crippen LogP contribution in [0.15, 0.2) is 11.4 Å². The number of carbonyl (C=O) groups excluding carboxylic acids is 1. The van der Waals surface area contributed by atoms with E-state index in [0.29, 0.717) is 9.94 Å². The monoisotopic (exact) mass is 254 g/mol. The first kappa shape index (κ1) is 10.5. The summed E-state index contributed by atoms with van der Waals surface area (Å²) in [5, 5.41) is 21.5. The summed E-state index contributed by atoms with van der Waals surface area (Å²) in [5.41, 5.74) is -0.654. The van der Waals surface area contributed by atoms with Crippen molar-refractivity contribution >= 4 is 23.3 Å². The number of hydroxylamine groups is 2. The van der Waals surface area contributed by atoms with Crippen LogP contribution >= 0.6 is 11.3 Å². The third-order valence-electron chi connectivity index (χ3n) is 3.53. The number of rotatable bonds is 1. The average Bonchev–Trinajstić information content (AvgIpc) is 2.85. The SMILES string of the molecule is CC1(C(=O)O)c2sccc2C2CN1C(=O)N2O. The lowest BCUT2D eigenvalue weighted by molar-refractivity contribution is -0.149. The summed E-state index contributed by atoms with van der Waals surface area (Å²) in [6.07, 6.45) is 0. The molecule has 1 aromatic rings. The maximum atomic E-state index is 11.8. The van der Waals surface area contributed by atoms with Gasteiger partial charge < -0.3 is 5.11 Å². The zero-order valence-electron chi connectivity index (χ0n) is 8.95. The Labute approximate surface area is 101 Å². The molecule has 7 heteroatoms. The van der Waals surface area contributed by atoms with Gasteiger partial charge in [0.2, 0.25) is 0 Å². The number of hydrogen-bond acceptors (Lipinski definition) is 4. The Balaban J connectivity index is 2.27. The van der Waals surface area contributed by atoms with Crippen LogP contribution in [0.2, 0.25) is 0 Å². The Kier molecular flexibility index (Phi) is 1.86. The van der Waals surface area contributed by atoms with Gasteiger partial charge in [0.05, 0.1) is 6.54 Å². The minimum atomic E-state index is -1.38. The van der Waals surface area contributed by atoms with Crippen LogP contribution in [0.3, 0.4) is 0 Å². The van der Waals surface area contributed by atoms with Crippen molar-refractivity contribution in [3.63, 3.8) is 0 Å². The molecule has 0 spiro atoms. The number of aliphatic carboxylic acids is 1. The quantitative estimate of drug-likeness (QED) is 0.738. The van der Waals surface area contributed by atoms with E-state index in [2.05, 4.69) is 0 Å². The summed E-state index contributed by atoms with van der Waals surface area (Å²) in [7, 11) is 0. The Morgan fingerprint density at radius 3 is 3.00 bits per heavy atom. The third-order valence-corrected chi connectivity index (χ3v) is 4.67. The molecule has 2 amide bonds. The lowest BCUT2D eigenvalue weighted by Gasteiger charge is -2.36. The van der Waals surface area contributed by atoms with Crippen molar-refractivity contribution in [1.82, 2.24) is 9.96 Å². The number of hydrogen-bond donors (Lipinski definition) is 2. The molecular formula is C10H10N2O4S. The fourth-order valence-corrected chi connectivity index (χ4v) is 3.62. The van der Waals surface area contributed by atoms with Gasteiger partial charge in [-0.3, -0.25) is 10.1 Å². The van der Waals surface area contributed by atoms with Gasteiger partial charge in [0.1, 0.15) is 6.04 Å². The molecule has 90 valence electrons. The topological polar surface area (TPSA) is 81.1 Å². The molecule has 1 saturated heterocycles. The summed E-state index contributed by atoms with van der Waals surface area (Å²) < 4.78 is 0. The van der Waals surface area contributed by atoms with E-state index in [1.807, 2.05) is 0 Å². The number of amides is 2. The Morgan fingerprint density at radius 2 is 2.35 bits per heavy atom. The molecule has 0 aromatic carbocycles. The van der Waals surface area contributed by atoms with Crippen molar-refractivity contribution in [2.24, 2.45) is 0 Å². The molecule has 1 fully saturated rings. The van der Waals surface area contributed by atoms with Crippen LogP contribution in [0.25, 0.3) is 0 Å². The summed E-state index contributed by atoms with van der Waals surface area (Å²) in [6.45, 7) is 1.71. The average molecular weight is 254 g/mol. The highest BCUT2D eigenvalue weighted by Crippen LogP contribution is 2.48. The maximum Gasteiger partial charge on any atom is 0.345 e. The van der Waals surface area contributed by atoms with Crippen LogP contribution in [0, 0.1) is 0 Å². The smallest absolute Gasteiger partial charge is 0.345 e. The van der Waals surface area contributed by atoms with Crippen molar-refractivity contribution in [3.8, 4) is 0 Å². The molecule has 0 saturated carbocycles. The van der Waals surface area contributed by atoms with E-state index in [9.17, 15) is 19.9 Å². The highest BCUT2D eigenvalue weighted by molar-refractivity contribution is 7.10. The minimum Gasteiger partial charge on any atom is -0.479 e. The Morgan fingerprint density at radius 1 is 1.65 bits per heavy atom. The molecule has 3 heterocycles. The second-order valence-corrected chi connectivity index (χ2v) is 5.25. The normalized spacial score (nSPS) is 30.7. The van der Waals surface area contributed by atoms with Gasteiger partial charge in [-0.2, -0.15) is 5.06 Å². The lowest BCUT2D eigenvalue weighted by Crippen LogP contribution is -2.52. The van der Waals surface area contributed by atoms with E-state index in [1.54, 1.807) is 11.4 Å². The molecule has 2 atom stereocenters. The molecule has 0 radical (unpaired) electrons. The third kappa shape index (κ3) is 1.03. The molecule has 3 rings (SSSR count). The fraction of sp³-hybridized carbons (Fsp3) is 0.400. The predicted octanol–water partition coefficient (Wildman–Crippen LogP) is 1.23. The van der Waals surface area contributed by atoms with Crippen molar-refractivity contribution in [2.45, 2.75) is 18.5 Å². The number of urea groups is 1. The maximum absolute atomic E-state index is 11.8. The number of thiophene rings is 1. The largest absolute Gasteiger partial charge is 0.479 e. The molecule has 2 unspecified atom stereocenters. The molecule has 2 N–H and O–H groups in total. The van der Waals surface area contributed by atoms with Crippen LogP contribution in [0.5, 0.6) is 0 Å². The van der Waals surface area contributed by atoms with Gasteiger partial charge in [0.25, 0.3) is 0 Å². The van der Waals surface area contributed by atoms with Crippen molar-refractivity contribution in [3.05, 3.63) is 21.9 Å². The molecule has 1 aromatic heterocycles. The Bertz CT molecular complexity index is 528. The first-order valence-electron chi connectivity index (χ1n) is 5.09. The number of fused-ring (bicyclic) bond motifs is 4. The molecule has 2 aliphatic rings. The highest BCUT2D eigenvalue weighted by Gasteiger charge is 2.58. The van der Waals surface area contributed by atoms with Crippen LogP contribution < -0.4 is 0 Å². The molecule has 2 bridgehead atoms. The van der Waals surface area contributed by atoms with E-state index in [-0.39, 0.29) is 6.54 Å². The first-order chi connectivity index (χ1) is 7.98. The number of carbonyl (C=O) groups is 2. The van der Waals surface area contributed by atoms with Gasteiger partial charge in [0.15, 0.2) is 5.54 Å². The second-order valence-electron chi connectivity index (χ2n) is 4.34. The van der Waals surface area contributed by atoms with E-state index in [0.717, 1.165) is 5.56 Å². The standard InChI is InChI=1S/C10H10N2O4S/c1-10(8(13)14)7-5(2-3-17-7)6-4-11(10)9(15)12(6)16/h2-3,6,16H,4H2,1H3,(H,13,14). The predicted molar refractivity (Wildman–Crippen MR) is 57.8 cm³/mol. The van der Waals surface area contributed by atoms with E-state index < -0.39 is 23.6 Å². The lowest BCUT2D eigenvalue weighted by atomic mass is 9.89. The number of carboxylic acids is 1. The van der Waals surface area contributed by atoms with Crippen LogP contribution in [-0.2, 0) is 10.3 Å². The van der Waals surface area contributed by atoms with Crippen LogP contribution in [0.4, 0.5) is 4.79 Å². The molecular weight excluding hydrogens is 244 g/mol. The fourth-order valence-electron chi connectivity index (χ4n) is 2.50. The molecule has 2 aliphatic heterocycles. The summed E-state index contributed by atoms with van der Waals surface area (Å²) in [5.74, 6) is -1.08. The Hall–Kier alpha value is -1.60. The van der Waals surface area contributed by atoms with Gasteiger partial charge in [0, 0.05) is 4.88 Å². The molecule has 0 aliphatic carbocycles. The number of nitrogens with zero attached hydrogens (tertiary/aromatic N) is 2. The second kappa shape index (κ2) is 2.99. The van der Waals surface area contributed by atoms with Gasteiger partial charge >= 0.3 is 12.0 Å². The summed E-state index contributed by atoms with van der Waals surface area (Å²) in [4.78, 5) is 25.1. The summed E-state index contributed by atoms with van der Waals surface area (Å²) in [6, 6.07) is 0.671. The number of carboxylic acid groups (broad SMARTS) is 1. The van der Waals surface area contributed by atoms with E-state index >= 15 is 0 Å².